The summed E-state index contributed by atoms with van der Waals surface area (Å²) in [6.45, 7) is 0.405. The molecule has 1 N–H and O–H groups in total. The number of rotatable bonds is 5. The lowest BCUT2D eigenvalue weighted by Gasteiger charge is -2.16. The number of amides is 2. The number of aromatic nitrogens is 2. The zero-order valence-electron chi connectivity index (χ0n) is 15.5. The van der Waals surface area contributed by atoms with Gasteiger partial charge in [-0.2, -0.15) is 0 Å². The predicted octanol–water partition coefficient (Wildman–Crippen LogP) is 3.50. The monoisotopic (exact) mass is 412 g/mol. The van der Waals surface area contributed by atoms with Gasteiger partial charge in [-0.05, 0) is 36.4 Å². The van der Waals surface area contributed by atoms with Crippen LogP contribution in [0.2, 0.25) is 5.02 Å². The van der Waals surface area contributed by atoms with E-state index in [9.17, 15) is 9.59 Å². The molecule has 4 rings (SSSR count). The smallest absolute Gasteiger partial charge is 0.322 e. The van der Waals surface area contributed by atoms with Crippen LogP contribution in [0.1, 0.15) is 28.6 Å². The van der Waals surface area contributed by atoms with Gasteiger partial charge in [-0.15, -0.1) is 5.10 Å². The molecule has 148 valence electrons. The van der Waals surface area contributed by atoms with Gasteiger partial charge in [-0.3, -0.25) is 14.9 Å². The number of carbonyl (C=O) groups is 2. The molecule has 1 fully saturated rings. The summed E-state index contributed by atoms with van der Waals surface area (Å²) in [4.78, 5) is 26.5. The molecule has 1 aliphatic heterocycles. The van der Waals surface area contributed by atoms with Gasteiger partial charge in [-0.25, -0.2) is 0 Å². The van der Waals surface area contributed by atoms with Gasteiger partial charge in [0.15, 0.2) is 0 Å². The van der Waals surface area contributed by atoms with Crippen LogP contribution in [-0.4, -0.2) is 35.7 Å². The lowest BCUT2D eigenvalue weighted by Crippen LogP contribution is -2.24. The third-order valence-corrected chi connectivity index (χ3v) is 4.88. The van der Waals surface area contributed by atoms with E-state index in [1.165, 1.54) is 7.11 Å². The highest BCUT2D eigenvalue weighted by molar-refractivity contribution is 6.30. The van der Waals surface area contributed by atoms with Crippen LogP contribution in [0, 0.1) is 0 Å². The van der Waals surface area contributed by atoms with Gasteiger partial charge >= 0.3 is 6.01 Å². The molecule has 0 spiro atoms. The van der Waals surface area contributed by atoms with Crippen LogP contribution in [-0.2, 0) is 4.79 Å². The first-order valence-electron chi connectivity index (χ1n) is 8.89. The number of halogens is 1. The Morgan fingerprint density at radius 2 is 1.97 bits per heavy atom. The molecular weight excluding hydrogens is 396 g/mol. The number of para-hydroxylation sites is 1. The second-order valence-electron chi connectivity index (χ2n) is 6.48. The van der Waals surface area contributed by atoms with E-state index >= 15 is 0 Å². The number of hydrogen-bond donors (Lipinski definition) is 1. The molecule has 0 radical (unpaired) electrons. The average molecular weight is 413 g/mol. The van der Waals surface area contributed by atoms with Crippen molar-refractivity contribution in [2.24, 2.45) is 0 Å². The number of methoxy groups -OCH3 is 1. The predicted molar refractivity (Wildman–Crippen MR) is 106 cm³/mol. The Bertz CT molecular complexity index is 1050. The highest BCUT2D eigenvalue weighted by atomic mass is 35.5. The molecule has 3 aromatic rings. The fourth-order valence-electron chi connectivity index (χ4n) is 3.19. The first-order valence-corrected chi connectivity index (χ1v) is 9.26. The van der Waals surface area contributed by atoms with E-state index < -0.39 is 5.91 Å². The number of nitrogens with one attached hydrogen (secondary N) is 1. The fourth-order valence-corrected chi connectivity index (χ4v) is 3.32. The van der Waals surface area contributed by atoms with Gasteiger partial charge < -0.3 is 14.1 Å². The van der Waals surface area contributed by atoms with Crippen molar-refractivity contribution >= 4 is 35.1 Å². The van der Waals surface area contributed by atoms with Crippen LogP contribution in [0.3, 0.4) is 0 Å². The number of anilines is 2. The maximum absolute atomic E-state index is 12.4. The molecule has 0 unspecified atom stereocenters. The van der Waals surface area contributed by atoms with Crippen molar-refractivity contribution in [3.8, 4) is 5.75 Å². The lowest BCUT2D eigenvalue weighted by atomic mass is 10.1. The Kier molecular flexibility index (Phi) is 5.18. The van der Waals surface area contributed by atoms with E-state index in [0.29, 0.717) is 28.8 Å². The molecule has 2 aromatic carbocycles. The zero-order chi connectivity index (χ0) is 20.4. The van der Waals surface area contributed by atoms with Crippen LogP contribution in [0.15, 0.2) is 52.9 Å². The summed E-state index contributed by atoms with van der Waals surface area (Å²) in [6, 6.07) is 13.8. The van der Waals surface area contributed by atoms with Crippen LogP contribution >= 0.6 is 11.6 Å². The van der Waals surface area contributed by atoms with E-state index in [-0.39, 0.29) is 24.3 Å². The fraction of sp³-hybridized carbons (Fsp3) is 0.200. The van der Waals surface area contributed by atoms with Crippen molar-refractivity contribution in [1.29, 1.82) is 0 Å². The van der Waals surface area contributed by atoms with E-state index in [4.69, 9.17) is 20.8 Å². The molecule has 0 aliphatic carbocycles. The summed E-state index contributed by atoms with van der Waals surface area (Å²) in [5.74, 6) is -0.00413. The summed E-state index contributed by atoms with van der Waals surface area (Å²) < 4.78 is 10.8. The van der Waals surface area contributed by atoms with Gasteiger partial charge in [0.05, 0.1) is 18.6 Å². The molecular formula is C20H17ClN4O4. The molecule has 0 saturated carbocycles. The first-order chi connectivity index (χ1) is 14.0. The average Bonchev–Trinajstić information content (AvgIpc) is 3.35. The number of benzene rings is 2. The normalized spacial score (nSPS) is 16.1. The molecule has 9 heteroatoms. The summed E-state index contributed by atoms with van der Waals surface area (Å²) in [6.07, 6.45) is 0.241. The van der Waals surface area contributed by atoms with Crippen LogP contribution in [0.4, 0.5) is 11.7 Å². The topological polar surface area (TPSA) is 97.6 Å². The molecule has 1 saturated heterocycles. The second kappa shape index (κ2) is 7.92. The van der Waals surface area contributed by atoms with Crippen molar-refractivity contribution in [3.05, 3.63) is 65.0 Å². The van der Waals surface area contributed by atoms with Crippen molar-refractivity contribution < 1.29 is 18.7 Å². The van der Waals surface area contributed by atoms with Crippen LogP contribution in [0.25, 0.3) is 0 Å². The second-order valence-corrected chi connectivity index (χ2v) is 6.92. The summed E-state index contributed by atoms with van der Waals surface area (Å²) in [5.41, 5.74) is 1.10. The lowest BCUT2D eigenvalue weighted by molar-refractivity contribution is -0.117. The molecule has 1 aromatic heterocycles. The van der Waals surface area contributed by atoms with Gasteiger partial charge in [0.2, 0.25) is 11.8 Å². The molecule has 1 atom stereocenters. The van der Waals surface area contributed by atoms with E-state index in [0.717, 1.165) is 5.69 Å². The quantitative estimate of drug-likeness (QED) is 0.688. The van der Waals surface area contributed by atoms with E-state index in [1.807, 2.05) is 0 Å². The molecule has 2 heterocycles. The molecule has 29 heavy (non-hydrogen) atoms. The highest BCUT2D eigenvalue weighted by Gasteiger charge is 2.35. The Hall–Kier alpha value is -3.39. The largest absolute Gasteiger partial charge is 0.496 e. The molecule has 2 amide bonds. The van der Waals surface area contributed by atoms with Crippen molar-refractivity contribution in [1.82, 2.24) is 10.2 Å². The minimum Gasteiger partial charge on any atom is -0.496 e. The van der Waals surface area contributed by atoms with E-state index in [2.05, 4.69) is 15.5 Å². The third kappa shape index (κ3) is 3.93. The Labute approximate surface area is 171 Å². The van der Waals surface area contributed by atoms with Gasteiger partial charge in [-0.1, -0.05) is 28.8 Å². The SMILES string of the molecule is COc1ccccc1C(=O)Nc1nnc([C@H]2CC(=O)N(c3ccc(Cl)cc3)C2)o1. The van der Waals surface area contributed by atoms with Gasteiger partial charge in [0.1, 0.15) is 5.75 Å². The third-order valence-electron chi connectivity index (χ3n) is 4.63. The molecule has 1 aliphatic rings. The Balaban J connectivity index is 1.46. The number of ether oxygens (including phenoxy) is 1. The van der Waals surface area contributed by atoms with Gasteiger partial charge in [0.25, 0.3) is 5.91 Å². The standard InChI is InChI=1S/C20H17ClN4O4/c1-28-16-5-3-2-4-15(16)18(27)22-20-24-23-19(29-20)12-10-17(26)25(11-12)14-8-6-13(21)7-9-14/h2-9,12H,10-11H2,1H3,(H,22,24,27)/t12-/m0/s1. The maximum Gasteiger partial charge on any atom is 0.322 e. The van der Waals surface area contributed by atoms with Gasteiger partial charge in [0, 0.05) is 23.7 Å². The van der Waals surface area contributed by atoms with Crippen molar-refractivity contribution in [3.63, 3.8) is 0 Å². The molecule has 8 nitrogen and oxygen atoms in total. The first kappa shape index (κ1) is 18.9. The highest BCUT2D eigenvalue weighted by Crippen LogP contribution is 2.32. The Morgan fingerprint density at radius 3 is 2.72 bits per heavy atom. The summed E-state index contributed by atoms with van der Waals surface area (Å²) >= 11 is 5.91. The van der Waals surface area contributed by atoms with Crippen molar-refractivity contribution in [2.75, 3.05) is 23.9 Å². The van der Waals surface area contributed by atoms with E-state index in [1.54, 1.807) is 53.4 Å². The minimum atomic E-state index is -0.428. The van der Waals surface area contributed by atoms with Crippen LogP contribution in [0.5, 0.6) is 5.75 Å². The minimum absolute atomic E-state index is 0.0340. The summed E-state index contributed by atoms with van der Waals surface area (Å²) in [7, 11) is 1.49. The van der Waals surface area contributed by atoms with Crippen molar-refractivity contribution in [2.45, 2.75) is 12.3 Å². The number of nitrogens with zero attached hydrogens (tertiary/aromatic N) is 3. The molecule has 0 bridgehead atoms. The number of carbonyl (C=O) groups excluding carboxylic acids is 2. The number of hydrogen-bond acceptors (Lipinski definition) is 6. The zero-order valence-corrected chi connectivity index (χ0v) is 16.2. The van der Waals surface area contributed by atoms with Crippen LogP contribution < -0.4 is 15.0 Å². The Morgan fingerprint density at radius 1 is 1.21 bits per heavy atom. The maximum atomic E-state index is 12.4. The summed E-state index contributed by atoms with van der Waals surface area (Å²) in [5, 5.41) is 11.0.